The zero-order chi connectivity index (χ0) is 14.0. The van der Waals surface area contributed by atoms with Crippen LogP contribution in [0.2, 0.25) is 0 Å². The molecule has 7 nitrogen and oxygen atoms in total. The lowest BCUT2D eigenvalue weighted by atomic mass is 10.1. The molecule has 0 spiro atoms. The number of amides is 3. The number of piperazine rings is 1. The van der Waals surface area contributed by atoms with Gasteiger partial charge in [-0.05, 0) is 19.1 Å². The molecule has 0 bridgehead atoms. The van der Waals surface area contributed by atoms with E-state index in [0.29, 0.717) is 5.82 Å². The fourth-order valence-corrected chi connectivity index (χ4v) is 1.80. The molecule has 7 heteroatoms. The van der Waals surface area contributed by atoms with Gasteiger partial charge in [-0.2, -0.15) is 0 Å². The van der Waals surface area contributed by atoms with Crippen molar-refractivity contribution in [1.82, 2.24) is 15.2 Å². The third-order valence-electron chi connectivity index (χ3n) is 2.91. The van der Waals surface area contributed by atoms with Crippen molar-refractivity contribution in [2.45, 2.75) is 13.0 Å². The van der Waals surface area contributed by atoms with E-state index in [-0.39, 0.29) is 12.2 Å². The van der Waals surface area contributed by atoms with Crippen LogP contribution in [0.5, 0.6) is 0 Å². The summed E-state index contributed by atoms with van der Waals surface area (Å²) in [5.41, 5.74) is 0.196. The van der Waals surface area contributed by atoms with Gasteiger partial charge < -0.3 is 10.2 Å². The fraction of sp³-hybridized carbons (Fsp3) is 0.333. The van der Waals surface area contributed by atoms with Gasteiger partial charge in [0.15, 0.2) is 0 Å². The number of nitrogens with zero attached hydrogens (tertiary/aromatic N) is 2. The Hall–Kier alpha value is -2.44. The minimum atomic E-state index is -0.690. The number of hydrogen-bond acceptors (Lipinski definition) is 5. The monoisotopic (exact) mass is 262 g/mol. The predicted molar refractivity (Wildman–Crippen MR) is 67.4 cm³/mol. The highest BCUT2D eigenvalue weighted by Gasteiger charge is 2.34. The molecule has 100 valence electrons. The molecule has 1 fully saturated rings. The maximum atomic E-state index is 12.3. The average Bonchev–Trinajstić information content (AvgIpc) is 2.42. The molecule has 19 heavy (non-hydrogen) atoms. The molecule has 3 amide bonds. The van der Waals surface area contributed by atoms with E-state index in [9.17, 15) is 14.4 Å². The second-order valence-corrected chi connectivity index (χ2v) is 4.18. The zero-order valence-corrected chi connectivity index (χ0v) is 10.6. The van der Waals surface area contributed by atoms with Crippen molar-refractivity contribution in [3.8, 4) is 0 Å². The number of nitrogens with one attached hydrogen (secondary N) is 2. The summed E-state index contributed by atoms with van der Waals surface area (Å²) < 4.78 is 0. The summed E-state index contributed by atoms with van der Waals surface area (Å²) >= 11 is 0. The number of aromatic nitrogens is 1. The Morgan fingerprint density at radius 3 is 2.89 bits per heavy atom. The van der Waals surface area contributed by atoms with Gasteiger partial charge in [-0.25, -0.2) is 4.98 Å². The molecule has 1 saturated heterocycles. The number of hydrogen-bond donors (Lipinski definition) is 2. The van der Waals surface area contributed by atoms with E-state index < -0.39 is 23.8 Å². The second-order valence-electron chi connectivity index (χ2n) is 4.18. The molecule has 0 saturated carbocycles. The molecule has 0 aromatic carbocycles. The molecule has 2 rings (SSSR count). The van der Waals surface area contributed by atoms with Crippen molar-refractivity contribution >= 4 is 23.5 Å². The average molecular weight is 262 g/mol. The van der Waals surface area contributed by atoms with Gasteiger partial charge in [0.2, 0.25) is 11.8 Å². The van der Waals surface area contributed by atoms with Gasteiger partial charge in [-0.3, -0.25) is 19.7 Å². The lowest BCUT2D eigenvalue weighted by molar-refractivity contribution is -0.138. The van der Waals surface area contributed by atoms with Crippen LogP contribution in [0.4, 0.5) is 5.82 Å². The predicted octanol–water partition coefficient (Wildman–Crippen LogP) is -0.390. The summed E-state index contributed by atoms with van der Waals surface area (Å²) in [6.45, 7) is 1.43. The lowest BCUT2D eigenvalue weighted by Gasteiger charge is -2.31. The third-order valence-corrected chi connectivity index (χ3v) is 2.91. The normalized spacial score (nSPS) is 19.1. The summed E-state index contributed by atoms with van der Waals surface area (Å²) in [4.78, 5) is 40.4. The quantitative estimate of drug-likeness (QED) is 0.708. The maximum absolute atomic E-state index is 12.3. The Kier molecular flexibility index (Phi) is 3.46. The minimum Gasteiger partial charge on any atom is -0.373 e. The van der Waals surface area contributed by atoms with Crippen LogP contribution in [-0.2, 0) is 9.59 Å². The van der Waals surface area contributed by atoms with Crippen LogP contribution < -0.4 is 10.6 Å². The van der Waals surface area contributed by atoms with Crippen molar-refractivity contribution in [3.05, 3.63) is 23.9 Å². The Morgan fingerprint density at radius 2 is 2.21 bits per heavy atom. The Bertz CT molecular complexity index is 544. The van der Waals surface area contributed by atoms with Crippen LogP contribution >= 0.6 is 0 Å². The molecule has 1 aromatic heterocycles. The highest BCUT2D eigenvalue weighted by molar-refractivity contribution is 6.06. The first-order valence-electron chi connectivity index (χ1n) is 5.82. The Labute approximate surface area is 110 Å². The summed E-state index contributed by atoms with van der Waals surface area (Å²) in [6.07, 6.45) is 0. The van der Waals surface area contributed by atoms with Crippen LogP contribution in [0.15, 0.2) is 18.2 Å². The van der Waals surface area contributed by atoms with Gasteiger partial charge in [0.25, 0.3) is 5.91 Å². The highest BCUT2D eigenvalue weighted by Crippen LogP contribution is 2.12. The summed E-state index contributed by atoms with van der Waals surface area (Å²) in [7, 11) is 1.69. The smallest absolute Gasteiger partial charge is 0.273 e. The number of imide groups is 1. The van der Waals surface area contributed by atoms with Gasteiger partial charge in [0.1, 0.15) is 24.1 Å². The summed E-state index contributed by atoms with van der Waals surface area (Å²) in [5.74, 6) is -0.852. The van der Waals surface area contributed by atoms with Gasteiger partial charge >= 0.3 is 0 Å². The minimum absolute atomic E-state index is 0.142. The fourth-order valence-electron chi connectivity index (χ4n) is 1.80. The molecule has 1 aliphatic heterocycles. The van der Waals surface area contributed by atoms with E-state index in [4.69, 9.17) is 0 Å². The van der Waals surface area contributed by atoms with Crippen molar-refractivity contribution in [2.24, 2.45) is 0 Å². The van der Waals surface area contributed by atoms with Crippen molar-refractivity contribution in [2.75, 3.05) is 18.9 Å². The molecular formula is C12H14N4O3. The number of anilines is 1. The van der Waals surface area contributed by atoms with Gasteiger partial charge in [-0.1, -0.05) is 6.07 Å². The molecule has 2 heterocycles. The third kappa shape index (κ3) is 2.54. The molecule has 0 aliphatic carbocycles. The second kappa shape index (κ2) is 5.05. The van der Waals surface area contributed by atoms with Crippen LogP contribution in [-0.4, -0.2) is 47.2 Å². The van der Waals surface area contributed by atoms with Crippen LogP contribution in [0.3, 0.4) is 0 Å². The van der Waals surface area contributed by atoms with Crippen molar-refractivity contribution in [1.29, 1.82) is 0 Å². The Morgan fingerprint density at radius 1 is 1.47 bits per heavy atom. The van der Waals surface area contributed by atoms with E-state index >= 15 is 0 Å². The number of carbonyl (C=O) groups excluding carboxylic acids is 3. The van der Waals surface area contributed by atoms with Gasteiger partial charge in [-0.15, -0.1) is 0 Å². The first kappa shape index (κ1) is 13.0. The topological polar surface area (TPSA) is 91.4 Å². The Balaban J connectivity index is 2.27. The van der Waals surface area contributed by atoms with Crippen LogP contribution in [0.1, 0.15) is 17.4 Å². The lowest BCUT2D eigenvalue weighted by Crippen LogP contribution is -2.58. The summed E-state index contributed by atoms with van der Waals surface area (Å²) in [6, 6.07) is 4.26. The van der Waals surface area contributed by atoms with Crippen molar-refractivity contribution < 1.29 is 14.4 Å². The van der Waals surface area contributed by atoms with Crippen molar-refractivity contribution in [3.63, 3.8) is 0 Å². The first-order valence-corrected chi connectivity index (χ1v) is 5.82. The number of pyridine rings is 1. The van der Waals surface area contributed by atoms with E-state index in [1.165, 1.54) is 4.90 Å². The molecule has 1 atom stereocenters. The van der Waals surface area contributed by atoms with Crippen LogP contribution in [0, 0.1) is 0 Å². The molecule has 1 aromatic rings. The molecule has 1 unspecified atom stereocenters. The standard InChI is InChI=1S/C12H14N4O3/c1-7-11(18)15-10(17)6-16(7)12(19)8-4-3-5-9(13-2)14-8/h3-5,7H,6H2,1-2H3,(H,13,14)(H,15,17,18). The molecule has 0 radical (unpaired) electrons. The highest BCUT2D eigenvalue weighted by atomic mass is 16.2. The largest absolute Gasteiger partial charge is 0.373 e. The molecular weight excluding hydrogens is 248 g/mol. The molecule has 1 aliphatic rings. The number of rotatable bonds is 2. The van der Waals surface area contributed by atoms with E-state index in [1.807, 2.05) is 0 Å². The van der Waals surface area contributed by atoms with Gasteiger partial charge in [0, 0.05) is 7.05 Å². The first-order chi connectivity index (χ1) is 9.02. The summed E-state index contributed by atoms with van der Waals surface area (Å²) in [5, 5.41) is 5.01. The van der Waals surface area contributed by atoms with E-state index in [1.54, 1.807) is 32.2 Å². The number of carbonyl (C=O) groups is 3. The SMILES string of the molecule is CNc1cccc(C(=O)N2CC(=O)NC(=O)C2C)n1. The van der Waals surface area contributed by atoms with Gasteiger partial charge in [0.05, 0.1) is 0 Å². The van der Waals surface area contributed by atoms with E-state index in [0.717, 1.165) is 0 Å². The van der Waals surface area contributed by atoms with E-state index in [2.05, 4.69) is 15.6 Å². The van der Waals surface area contributed by atoms with Crippen LogP contribution in [0.25, 0.3) is 0 Å². The molecule has 2 N–H and O–H groups in total. The zero-order valence-electron chi connectivity index (χ0n) is 10.6. The maximum Gasteiger partial charge on any atom is 0.273 e.